The monoisotopic (exact) mass is 770 g/mol. The van der Waals surface area contributed by atoms with Crippen molar-refractivity contribution in [1.29, 1.82) is 0 Å². The Morgan fingerprint density at radius 2 is 1.55 bits per heavy atom. The first-order valence-electron chi connectivity index (χ1n) is 18.2. The van der Waals surface area contributed by atoms with Crippen LogP contribution in [0.15, 0.2) is 133 Å². The highest BCUT2D eigenvalue weighted by Crippen LogP contribution is 2.44. The number of carbonyl (C=O) groups excluding carboxylic acids is 1. The number of rotatable bonds is 11. The zero-order valence-corrected chi connectivity index (χ0v) is 31.3. The second kappa shape index (κ2) is 15.6. The fourth-order valence-electron chi connectivity index (χ4n) is 7.78. The molecule has 1 amide bonds. The molecule has 7 aromatic rings. The van der Waals surface area contributed by atoms with Crippen LogP contribution in [0.5, 0.6) is 0 Å². The van der Waals surface area contributed by atoms with Gasteiger partial charge in [-0.25, -0.2) is 23.4 Å². The van der Waals surface area contributed by atoms with E-state index in [1.54, 1.807) is 22.2 Å². The minimum Gasteiger partial charge on any atom is -0.367 e. The van der Waals surface area contributed by atoms with Gasteiger partial charge in [0, 0.05) is 17.6 Å². The number of aromatic nitrogens is 4. The number of benzene rings is 3. The Bertz CT molecular complexity index is 2380. The quantitative estimate of drug-likeness (QED) is 0.101. The van der Waals surface area contributed by atoms with Gasteiger partial charge in [-0.3, -0.25) is 4.79 Å². The molecule has 0 radical (unpaired) electrons. The molecule has 3 aromatic carbocycles. The van der Waals surface area contributed by atoms with E-state index in [0.717, 1.165) is 42.1 Å². The standard InChI is InChI=1S/C44H37ClF2N6OS/c1-2-13-28-24-37(47)39(51-41(28)49-33-20-12-21-34(26-33)50-43(54)35-22-23-55-40(35)45)38-36-25-32(46)27-48-42(36)53(52-38)44(29-14-6-3-7-15-29,30-16-8-4-9-17-30)31-18-10-5-11-19-31/h2-11,14-19,22-25,27,33-34H,1,12-13,20-21,26H2,(H,49,51)(H,50,54)/t33-,34?/m0/s1. The largest absolute Gasteiger partial charge is 0.367 e. The average molecular weight is 771 g/mol. The number of hydrogen-bond donors (Lipinski definition) is 2. The van der Waals surface area contributed by atoms with E-state index in [4.69, 9.17) is 21.7 Å². The van der Waals surface area contributed by atoms with E-state index in [-0.39, 0.29) is 29.4 Å². The SMILES string of the molecule is C=CCc1cc(F)c(-c2nn(C(c3ccccc3)(c3ccccc3)c3ccccc3)c3ncc(F)cc23)nc1N[C@H]1CCCC(NC(=O)c2ccsc2Cl)C1. The predicted molar refractivity (Wildman–Crippen MR) is 216 cm³/mol. The van der Waals surface area contributed by atoms with Gasteiger partial charge in [-0.1, -0.05) is 109 Å². The first-order chi connectivity index (χ1) is 26.9. The van der Waals surface area contributed by atoms with Gasteiger partial charge in [0.05, 0.1) is 17.1 Å². The molecule has 0 aliphatic heterocycles. The first kappa shape index (κ1) is 36.3. The second-order valence-electron chi connectivity index (χ2n) is 13.7. The van der Waals surface area contributed by atoms with Crippen LogP contribution < -0.4 is 10.6 Å². The molecule has 11 heteroatoms. The molecule has 1 unspecified atom stereocenters. The Morgan fingerprint density at radius 3 is 2.15 bits per heavy atom. The van der Waals surface area contributed by atoms with Gasteiger partial charge >= 0.3 is 0 Å². The second-order valence-corrected chi connectivity index (χ2v) is 15.2. The van der Waals surface area contributed by atoms with Crippen molar-refractivity contribution in [3.8, 4) is 11.4 Å². The summed E-state index contributed by atoms with van der Waals surface area (Å²) >= 11 is 7.56. The van der Waals surface area contributed by atoms with Crippen LogP contribution in [0.3, 0.4) is 0 Å². The first-order valence-corrected chi connectivity index (χ1v) is 19.4. The summed E-state index contributed by atoms with van der Waals surface area (Å²) in [5.41, 5.74) is 3.10. The number of carbonyl (C=O) groups is 1. The molecule has 1 aliphatic carbocycles. The molecular weight excluding hydrogens is 734 g/mol. The molecule has 1 fully saturated rings. The Labute approximate surface area is 326 Å². The van der Waals surface area contributed by atoms with Gasteiger partial charge in [-0.15, -0.1) is 17.9 Å². The molecule has 4 aromatic heterocycles. The maximum atomic E-state index is 16.5. The summed E-state index contributed by atoms with van der Waals surface area (Å²) in [6, 6.07) is 34.1. The third-order valence-electron chi connectivity index (χ3n) is 10.2. The zero-order valence-electron chi connectivity index (χ0n) is 29.8. The normalized spacial score (nSPS) is 15.8. The van der Waals surface area contributed by atoms with Crippen LogP contribution in [-0.2, 0) is 12.0 Å². The van der Waals surface area contributed by atoms with Crippen molar-refractivity contribution in [1.82, 2.24) is 25.1 Å². The van der Waals surface area contributed by atoms with Crippen LogP contribution >= 0.6 is 22.9 Å². The van der Waals surface area contributed by atoms with Crippen LogP contribution in [-0.4, -0.2) is 37.7 Å². The minimum atomic E-state index is -1.10. The summed E-state index contributed by atoms with van der Waals surface area (Å²) in [6.07, 6.45) is 6.37. The molecule has 1 saturated carbocycles. The van der Waals surface area contributed by atoms with E-state index < -0.39 is 17.2 Å². The Kier molecular flexibility index (Phi) is 10.3. The Balaban J connectivity index is 1.26. The van der Waals surface area contributed by atoms with Gasteiger partial charge < -0.3 is 10.6 Å². The highest BCUT2D eigenvalue weighted by Gasteiger charge is 2.42. The molecule has 8 rings (SSSR count). The molecule has 276 valence electrons. The molecule has 2 atom stereocenters. The van der Waals surface area contributed by atoms with Gasteiger partial charge in [0.15, 0.2) is 11.5 Å². The Morgan fingerprint density at radius 1 is 0.909 bits per heavy atom. The van der Waals surface area contributed by atoms with Gasteiger partial charge in [-0.05, 0) is 72.4 Å². The lowest BCUT2D eigenvalue weighted by atomic mass is 9.77. The maximum Gasteiger partial charge on any atom is 0.253 e. The highest BCUT2D eigenvalue weighted by atomic mass is 35.5. The third-order valence-corrected chi connectivity index (χ3v) is 11.4. The van der Waals surface area contributed by atoms with Crippen LogP contribution in [0.1, 0.15) is 58.3 Å². The number of halogens is 3. The van der Waals surface area contributed by atoms with Crippen molar-refractivity contribution in [2.45, 2.75) is 49.7 Å². The fourth-order valence-corrected chi connectivity index (χ4v) is 8.70. The van der Waals surface area contributed by atoms with Crippen LogP contribution in [0.4, 0.5) is 14.6 Å². The van der Waals surface area contributed by atoms with Gasteiger partial charge in [0.2, 0.25) is 0 Å². The number of nitrogens with one attached hydrogen (secondary N) is 2. The third kappa shape index (κ3) is 6.92. The predicted octanol–water partition coefficient (Wildman–Crippen LogP) is 10.2. The Hall–Kier alpha value is -5.71. The number of hydrogen-bond acceptors (Lipinski definition) is 6. The smallest absolute Gasteiger partial charge is 0.253 e. The number of amides is 1. The van der Waals surface area contributed by atoms with Crippen LogP contribution in [0, 0.1) is 11.6 Å². The lowest BCUT2D eigenvalue weighted by Gasteiger charge is -2.36. The number of nitrogens with zero attached hydrogens (tertiary/aromatic N) is 4. The topological polar surface area (TPSA) is 84.7 Å². The summed E-state index contributed by atoms with van der Waals surface area (Å²) in [4.78, 5) is 22.5. The van der Waals surface area contributed by atoms with Crippen molar-refractivity contribution < 1.29 is 13.6 Å². The van der Waals surface area contributed by atoms with Gasteiger partial charge in [-0.2, -0.15) is 5.10 Å². The van der Waals surface area contributed by atoms with Crippen molar-refractivity contribution in [2.24, 2.45) is 0 Å². The lowest BCUT2D eigenvalue weighted by molar-refractivity contribution is 0.0927. The zero-order chi connectivity index (χ0) is 37.9. The van der Waals surface area contributed by atoms with Crippen molar-refractivity contribution in [3.63, 3.8) is 0 Å². The summed E-state index contributed by atoms with van der Waals surface area (Å²) in [7, 11) is 0. The molecular formula is C44H37ClF2N6OS. The number of pyridine rings is 2. The van der Waals surface area contributed by atoms with Crippen molar-refractivity contribution >= 4 is 45.7 Å². The number of fused-ring (bicyclic) bond motifs is 1. The summed E-state index contributed by atoms with van der Waals surface area (Å²) in [6.45, 7) is 3.90. The van der Waals surface area contributed by atoms with E-state index in [9.17, 15) is 4.79 Å². The maximum absolute atomic E-state index is 16.5. The van der Waals surface area contributed by atoms with E-state index in [1.807, 2.05) is 91.0 Å². The van der Waals surface area contributed by atoms with Crippen molar-refractivity contribution in [2.75, 3.05) is 5.32 Å². The van der Waals surface area contributed by atoms with Crippen LogP contribution in [0.2, 0.25) is 4.34 Å². The van der Waals surface area contributed by atoms with Gasteiger partial charge in [0.1, 0.15) is 32.9 Å². The minimum absolute atomic E-state index is 0.0395. The van der Waals surface area contributed by atoms with Crippen LogP contribution in [0.25, 0.3) is 22.4 Å². The highest BCUT2D eigenvalue weighted by molar-refractivity contribution is 7.14. The van der Waals surface area contributed by atoms with E-state index in [1.165, 1.54) is 23.5 Å². The molecule has 1 aliphatic rings. The fraction of sp³-hybridized carbons (Fsp3) is 0.182. The van der Waals surface area contributed by atoms with Crippen molar-refractivity contribution in [3.05, 3.63) is 177 Å². The molecule has 55 heavy (non-hydrogen) atoms. The molecule has 0 bridgehead atoms. The molecule has 4 heterocycles. The molecule has 2 N–H and O–H groups in total. The summed E-state index contributed by atoms with van der Waals surface area (Å²) < 4.78 is 34.0. The molecule has 7 nitrogen and oxygen atoms in total. The molecule has 0 saturated heterocycles. The molecule has 0 spiro atoms. The number of thiophene rings is 1. The van der Waals surface area contributed by atoms with E-state index in [2.05, 4.69) is 22.2 Å². The summed E-state index contributed by atoms with van der Waals surface area (Å²) in [5.74, 6) is -0.919. The number of anilines is 1. The summed E-state index contributed by atoms with van der Waals surface area (Å²) in [5, 5.41) is 14.0. The average Bonchev–Trinajstić information content (AvgIpc) is 3.81. The van der Waals surface area contributed by atoms with E-state index >= 15 is 8.78 Å². The lowest BCUT2D eigenvalue weighted by Crippen LogP contribution is -2.42. The number of allylic oxidation sites excluding steroid dienone is 1. The van der Waals surface area contributed by atoms with E-state index in [0.29, 0.717) is 45.2 Å². The van der Waals surface area contributed by atoms with Gasteiger partial charge in [0.25, 0.3) is 5.91 Å².